The summed E-state index contributed by atoms with van der Waals surface area (Å²) in [7, 11) is 0. The molecule has 5 aliphatic carbocycles. The van der Waals surface area contributed by atoms with Gasteiger partial charge in [-0.3, -0.25) is 4.79 Å². The zero-order valence-electron chi connectivity index (χ0n) is 48.5. The summed E-state index contributed by atoms with van der Waals surface area (Å²) in [6.07, 6.45) is -30.0. The van der Waals surface area contributed by atoms with Gasteiger partial charge in [0.25, 0.3) is 0 Å². The second-order valence-electron chi connectivity index (χ2n) is 27.2. The third-order valence-electron chi connectivity index (χ3n) is 22.5. The maximum atomic E-state index is 15.1. The van der Waals surface area contributed by atoms with E-state index in [-0.39, 0.29) is 40.6 Å². The smallest absolute Gasteiger partial charge is 0.315 e. The maximum Gasteiger partial charge on any atom is 0.315 e. The zero-order chi connectivity index (χ0) is 61.1. The van der Waals surface area contributed by atoms with Gasteiger partial charge in [-0.05, 0) is 105 Å². The zero-order valence-corrected chi connectivity index (χ0v) is 48.5. The van der Waals surface area contributed by atoms with Gasteiger partial charge in [0.1, 0.15) is 110 Å². The molecule has 4 saturated carbocycles. The number of carbonyl (C=O) groups excluding carboxylic acids is 1. The van der Waals surface area contributed by atoms with Gasteiger partial charge in [0, 0.05) is 5.92 Å². The lowest BCUT2D eigenvalue weighted by Gasteiger charge is -2.71. The minimum atomic E-state index is -1.90. The Balaban J connectivity index is 0.803. The van der Waals surface area contributed by atoms with Crippen molar-refractivity contribution in [1.82, 2.24) is 0 Å². The number of rotatable bonds is 13. The van der Waals surface area contributed by atoms with E-state index < -0.39 is 190 Å². The molecular formula is C58H92O26. The van der Waals surface area contributed by atoms with Crippen LogP contribution in [-0.2, 0) is 52.2 Å². The minimum absolute atomic E-state index is 0.150. The fourth-order valence-electron chi connectivity index (χ4n) is 17.2. The Morgan fingerprint density at radius 1 is 0.595 bits per heavy atom. The normalized spacial score (nSPS) is 54.0. The highest BCUT2D eigenvalue weighted by Gasteiger charge is 2.70. The van der Waals surface area contributed by atoms with Gasteiger partial charge in [0.05, 0.1) is 44.1 Å². The van der Waals surface area contributed by atoms with Crippen LogP contribution in [0.2, 0.25) is 0 Å². The molecule has 5 saturated heterocycles. The number of hydrogen-bond acceptors (Lipinski definition) is 26. The first-order valence-electron chi connectivity index (χ1n) is 30.0. The largest absolute Gasteiger partial charge is 0.432 e. The predicted octanol–water partition coefficient (Wildman–Crippen LogP) is -3.01. The quantitative estimate of drug-likeness (QED) is 0.0496. The van der Waals surface area contributed by atoms with Gasteiger partial charge >= 0.3 is 5.97 Å². The van der Waals surface area contributed by atoms with Crippen LogP contribution in [0.4, 0.5) is 0 Å². The van der Waals surface area contributed by atoms with Crippen molar-refractivity contribution in [2.75, 3.05) is 26.4 Å². The average Bonchev–Trinajstić information content (AvgIpc) is 0.777. The molecule has 0 aromatic rings. The Labute approximate surface area is 487 Å². The maximum absolute atomic E-state index is 15.1. The van der Waals surface area contributed by atoms with Gasteiger partial charge in [-0.25, -0.2) is 0 Å². The number of aliphatic hydroxyl groups is 15. The molecule has 0 spiro atoms. The number of ether oxygens (including phenoxy) is 10. The lowest BCUT2D eigenvalue weighted by molar-refractivity contribution is -0.361. The highest BCUT2D eigenvalue weighted by Crippen LogP contribution is 2.75. The molecule has 15 N–H and O–H groups in total. The summed E-state index contributed by atoms with van der Waals surface area (Å²) in [5, 5.41) is 161. The second kappa shape index (κ2) is 24.3. The fourth-order valence-corrected chi connectivity index (χ4v) is 17.2. The highest BCUT2D eigenvalue weighted by atomic mass is 16.8. The first-order valence-corrected chi connectivity index (χ1v) is 30.0. The van der Waals surface area contributed by atoms with Crippen LogP contribution in [0.25, 0.3) is 0 Å². The van der Waals surface area contributed by atoms with E-state index >= 15 is 4.79 Å². The fraction of sp³-hybridized carbons (Fsp3) is 0.914. The summed E-state index contributed by atoms with van der Waals surface area (Å²) in [4.78, 5) is 15.1. The van der Waals surface area contributed by atoms with Crippen LogP contribution in [0.3, 0.4) is 0 Å². The number of carbonyl (C=O) groups is 1. The minimum Gasteiger partial charge on any atom is -0.432 e. The molecule has 5 aliphatic heterocycles. The van der Waals surface area contributed by atoms with E-state index in [0.717, 1.165) is 36.8 Å². The molecule has 480 valence electrons. The molecule has 0 amide bonds. The van der Waals surface area contributed by atoms with Crippen molar-refractivity contribution in [3.63, 3.8) is 0 Å². The van der Waals surface area contributed by atoms with Crippen LogP contribution >= 0.6 is 0 Å². The lowest BCUT2D eigenvalue weighted by Crippen LogP contribution is -2.66. The molecule has 9 fully saturated rings. The first kappa shape index (κ1) is 65.0. The van der Waals surface area contributed by atoms with Crippen molar-refractivity contribution in [1.29, 1.82) is 0 Å². The molecule has 26 heteroatoms. The standard InChI is InChI=1S/C58H92O26/c1-23-10-15-58(53(74)84-52-43(71)39(67)36(64)30(80-52)22-76-48-44(72)40(68)47(29(20-60)79-48)83-50-41(69)37(65)34(62)24(2)77-50)17-16-56(6)25(26(58)18-23)8-9-32-55(5)13-12-33(54(3,4)31(55)11-14-57(32,56)7)81-49-45(73)46(27(61)21-75-49)82-51-42(70)38(66)35(63)28(19-59)78-51/h8,24,26-52,59-73H,1,9-22H2,2-7H3. The monoisotopic (exact) mass is 1200 g/mol. The molecular weight excluding hydrogens is 1110 g/mol. The van der Waals surface area contributed by atoms with Crippen LogP contribution in [0.1, 0.15) is 106 Å². The lowest BCUT2D eigenvalue weighted by atomic mass is 9.34. The van der Waals surface area contributed by atoms with Crippen molar-refractivity contribution in [3.05, 3.63) is 23.8 Å². The Hall–Kier alpha value is -2.01. The molecule has 0 radical (unpaired) electrons. The highest BCUT2D eigenvalue weighted by molar-refractivity contribution is 5.79. The topological polar surface area (TPSA) is 413 Å². The number of allylic oxidation sites excluding steroid dienone is 3. The van der Waals surface area contributed by atoms with Crippen LogP contribution < -0.4 is 0 Å². The van der Waals surface area contributed by atoms with Crippen LogP contribution in [-0.4, -0.2) is 263 Å². The molecule has 0 aromatic carbocycles. The second-order valence-corrected chi connectivity index (χ2v) is 27.2. The Morgan fingerprint density at radius 2 is 1.19 bits per heavy atom. The van der Waals surface area contributed by atoms with E-state index in [0.29, 0.717) is 38.5 Å². The van der Waals surface area contributed by atoms with Crippen molar-refractivity contribution in [3.8, 4) is 0 Å². The van der Waals surface area contributed by atoms with Crippen LogP contribution in [0, 0.1) is 44.8 Å². The summed E-state index contributed by atoms with van der Waals surface area (Å²) in [5.41, 5.74) is -0.175. The van der Waals surface area contributed by atoms with Gasteiger partial charge in [-0.15, -0.1) is 0 Å². The van der Waals surface area contributed by atoms with E-state index in [2.05, 4.69) is 47.3 Å². The van der Waals surface area contributed by atoms with Gasteiger partial charge in [-0.2, -0.15) is 0 Å². The van der Waals surface area contributed by atoms with E-state index in [1.54, 1.807) is 0 Å². The third kappa shape index (κ3) is 10.8. The third-order valence-corrected chi connectivity index (χ3v) is 22.5. The summed E-state index contributed by atoms with van der Waals surface area (Å²) >= 11 is 0. The van der Waals surface area contributed by atoms with Gasteiger partial charge in [0.15, 0.2) is 25.2 Å². The number of esters is 1. The molecule has 10 rings (SSSR count). The van der Waals surface area contributed by atoms with E-state index in [1.807, 2.05) is 0 Å². The van der Waals surface area contributed by atoms with E-state index in [4.69, 9.17) is 47.4 Å². The summed E-state index contributed by atoms with van der Waals surface area (Å²) in [5.74, 6) is -0.607. The van der Waals surface area contributed by atoms with E-state index in [9.17, 15) is 76.6 Å². The van der Waals surface area contributed by atoms with Gasteiger partial charge in [-0.1, -0.05) is 58.4 Å². The van der Waals surface area contributed by atoms with Crippen LogP contribution in [0.5, 0.6) is 0 Å². The summed E-state index contributed by atoms with van der Waals surface area (Å²) < 4.78 is 58.8. The summed E-state index contributed by atoms with van der Waals surface area (Å²) in [6, 6.07) is 0. The number of fused-ring (bicyclic) bond motifs is 7. The number of aliphatic hydroxyl groups excluding tert-OH is 15. The molecule has 32 unspecified atom stereocenters. The van der Waals surface area contributed by atoms with Gasteiger partial charge < -0.3 is 124 Å². The molecule has 26 nitrogen and oxygen atoms in total. The Morgan fingerprint density at radius 3 is 1.87 bits per heavy atom. The Kier molecular flexibility index (Phi) is 18.8. The molecule has 32 atom stereocenters. The molecule has 0 bridgehead atoms. The number of hydrogen-bond donors (Lipinski definition) is 15. The van der Waals surface area contributed by atoms with E-state index in [1.165, 1.54) is 6.92 Å². The van der Waals surface area contributed by atoms with Crippen molar-refractivity contribution >= 4 is 5.97 Å². The average molecular weight is 1210 g/mol. The Bertz CT molecular complexity index is 2360. The molecule has 0 aromatic heterocycles. The summed E-state index contributed by atoms with van der Waals surface area (Å²) in [6.45, 7) is 14.9. The molecule has 10 aliphatic rings. The van der Waals surface area contributed by atoms with Crippen molar-refractivity contribution < 1.29 is 129 Å². The molecule has 5 heterocycles. The predicted molar refractivity (Wildman–Crippen MR) is 283 cm³/mol. The van der Waals surface area contributed by atoms with Crippen molar-refractivity contribution in [2.24, 2.45) is 44.8 Å². The van der Waals surface area contributed by atoms with Crippen molar-refractivity contribution in [2.45, 2.75) is 259 Å². The first-order chi connectivity index (χ1) is 39.5. The molecule has 84 heavy (non-hydrogen) atoms. The van der Waals surface area contributed by atoms with Gasteiger partial charge in [0.2, 0.25) is 6.29 Å². The SMILES string of the molecule is C=C1CCC2(C(=O)OC3OC(COC4OC(CO)C(OC5OC(C)C(O)C(O)C5O)C(O)C4O)C(O)C(O)C3O)CCC3(C)C(=CCC4C5(C)CCC(OC6OCC(O)C(OC7OC(CO)C(O)C(O)C7O)C6O)C(C)(C)C5CCC43C)C2C1. The van der Waals surface area contributed by atoms with Crippen LogP contribution in [0.15, 0.2) is 23.8 Å².